The Morgan fingerprint density at radius 2 is 2.15 bits per heavy atom. The van der Waals surface area contributed by atoms with Crippen LogP contribution in [-0.2, 0) is 0 Å². The maximum atomic E-state index is 11.7. The Kier molecular flexibility index (Phi) is 2.83. The average Bonchev–Trinajstić information content (AvgIpc) is 3.05. The standard InChI is InChI=1S/C14H11N3O3/c1-8-4-2-5-9-11(8)15-14(19)12(9)16-17-13(18)10-6-3-7-20-10/h2-7,15,19H,1H3. The van der Waals surface area contributed by atoms with Gasteiger partial charge in [-0.3, -0.25) is 4.79 Å². The summed E-state index contributed by atoms with van der Waals surface area (Å²) < 4.78 is 4.93. The first-order chi connectivity index (χ1) is 9.66. The van der Waals surface area contributed by atoms with E-state index in [9.17, 15) is 9.90 Å². The van der Waals surface area contributed by atoms with Crippen molar-refractivity contribution in [2.45, 2.75) is 6.92 Å². The molecule has 0 unspecified atom stereocenters. The third-order valence-corrected chi connectivity index (χ3v) is 2.97. The van der Waals surface area contributed by atoms with E-state index in [-0.39, 0.29) is 17.3 Å². The third-order valence-electron chi connectivity index (χ3n) is 2.97. The summed E-state index contributed by atoms with van der Waals surface area (Å²) in [5.41, 5.74) is 1.98. The molecule has 6 nitrogen and oxygen atoms in total. The number of rotatable bonds is 2. The predicted molar refractivity (Wildman–Crippen MR) is 72.3 cm³/mol. The zero-order valence-corrected chi connectivity index (χ0v) is 10.6. The lowest BCUT2D eigenvalue weighted by Crippen LogP contribution is -1.89. The van der Waals surface area contributed by atoms with Crippen molar-refractivity contribution in [3.05, 3.63) is 47.9 Å². The van der Waals surface area contributed by atoms with Gasteiger partial charge in [-0.25, -0.2) is 0 Å². The largest absolute Gasteiger partial charge is 0.493 e. The van der Waals surface area contributed by atoms with Crippen molar-refractivity contribution in [3.8, 4) is 5.88 Å². The highest BCUT2D eigenvalue weighted by molar-refractivity contribution is 5.97. The topological polar surface area (TPSA) is 90.9 Å². The van der Waals surface area contributed by atoms with Crippen LogP contribution in [0.4, 0.5) is 5.69 Å². The second-order valence-electron chi connectivity index (χ2n) is 4.30. The molecule has 100 valence electrons. The second-order valence-corrected chi connectivity index (χ2v) is 4.30. The van der Waals surface area contributed by atoms with E-state index >= 15 is 0 Å². The summed E-state index contributed by atoms with van der Waals surface area (Å²) in [4.78, 5) is 14.5. The van der Waals surface area contributed by atoms with Gasteiger partial charge in [0.05, 0.1) is 11.8 Å². The van der Waals surface area contributed by atoms with Gasteiger partial charge < -0.3 is 14.5 Å². The summed E-state index contributed by atoms with van der Waals surface area (Å²) in [6, 6.07) is 8.64. The lowest BCUT2D eigenvalue weighted by molar-refractivity contribution is 0.0968. The third kappa shape index (κ3) is 1.97. The lowest BCUT2D eigenvalue weighted by Gasteiger charge is -1.94. The molecule has 0 fully saturated rings. The smallest absolute Gasteiger partial charge is 0.331 e. The molecule has 1 aromatic carbocycles. The Morgan fingerprint density at radius 1 is 1.30 bits per heavy atom. The zero-order valence-electron chi connectivity index (χ0n) is 10.6. The number of carbonyl (C=O) groups excluding carboxylic acids is 1. The number of para-hydroxylation sites is 1. The highest BCUT2D eigenvalue weighted by Crippen LogP contribution is 2.36. The van der Waals surface area contributed by atoms with Gasteiger partial charge in [-0.1, -0.05) is 18.2 Å². The van der Waals surface area contributed by atoms with Crippen LogP contribution in [0.5, 0.6) is 5.88 Å². The van der Waals surface area contributed by atoms with Crippen molar-refractivity contribution < 1.29 is 14.3 Å². The number of aromatic amines is 1. The van der Waals surface area contributed by atoms with E-state index in [0.29, 0.717) is 5.39 Å². The maximum absolute atomic E-state index is 11.7. The number of furan rings is 1. The van der Waals surface area contributed by atoms with E-state index in [1.165, 1.54) is 12.3 Å². The van der Waals surface area contributed by atoms with Gasteiger partial charge in [0.25, 0.3) is 0 Å². The molecule has 0 saturated carbocycles. The Labute approximate surface area is 113 Å². The number of aromatic hydroxyl groups is 1. The Balaban J connectivity index is 2.01. The highest BCUT2D eigenvalue weighted by Gasteiger charge is 2.13. The van der Waals surface area contributed by atoms with Crippen molar-refractivity contribution in [1.29, 1.82) is 0 Å². The SMILES string of the molecule is Cc1cccc2c(N=NC(=O)c3ccco3)c(O)[nH]c12. The first-order valence-electron chi connectivity index (χ1n) is 5.96. The van der Waals surface area contributed by atoms with E-state index in [2.05, 4.69) is 15.2 Å². The molecule has 0 aliphatic rings. The minimum absolute atomic E-state index is 0.101. The number of nitrogens with zero attached hydrogens (tertiary/aromatic N) is 2. The van der Waals surface area contributed by atoms with Gasteiger partial charge in [-0.05, 0) is 24.6 Å². The number of azo groups is 1. The van der Waals surface area contributed by atoms with Gasteiger partial charge in [0.1, 0.15) is 0 Å². The molecule has 0 bridgehead atoms. The monoisotopic (exact) mass is 269 g/mol. The molecule has 1 amide bonds. The fourth-order valence-corrected chi connectivity index (χ4v) is 1.98. The summed E-state index contributed by atoms with van der Waals surface area (Å²) in [7, 11) is 0. The minimum atomic E-state index is -0.601. The van der Waals surface area contributed by atoms with Crippen LogP contribution in [0.2, 0.25) is 0 Å². The van der Waals surface area contributed by atoms with Gasteiger partial charge in [0.15, 0.2) is 11.4 Å². The van der Waals surface area contributed by atoms with Crippen LogP contribution in [-0.4, -0.2) is 16.0 Å². The Morgan fingerprint density at radius 3 is 2.90 bits per heavy atom. The van der Waals surface area contributed by atoms with E-state index in [0.717, 1.165) is 11.1 Å². The number of H-pyrrole nitrogens is 1. The van der Waals surface area contributed by atoms with Gasteiger partial charge in [-0.2, -0.15) is 0 Å². The van der Waals surface area contributed by atoms with Crippen molar-refractivity contribution in [1.82, 2.24) is 4.98 Å². The number of amides is 1. The second kappa shape index (κ2) is 4.65. The first-order valence-corrected chi connectivity index (χ1v) is 5.96. The van der Waals surface area contributed by atoms with Crippen LogP contribution >= 0.6 is 0 Å². The number of hydrogen-bond donors (Lipinski definition) is 2. The molecule has 0 radical (unpaired) electrons. The molecule has 0 aliphatic carbocycles. The number of fused-ring (bicyclic) bond motifs is 1. The number of carbonyl (C=O) groups is 1. The van der Waals surface area contributed by atoms with Crippen LogP contribution in [0.3, 0.4) is 0 Å². The molecular weight excluding hydrogens is 258 g/mol. The molecule has 2 heterocycles. The van der Waals surface area contributed by atoms with Crippen molar-refractivity contribution >= 4 is 22.5 Å². The fraction of sp³-hybridized carbons (Fsp3) is 0.0714. The van der Waals surface area contributed by atoms with Crippen molar-refractivity contribution in [2.75, 3.05) is 0 Å². The number of benzene rings is 1. The zero-order chi connectivity index (χ0) is 14.1. The molecule has 0 saturated heterocycles. The first kappa shape index (κ1) is 12.2. The molecule has 2 aromatic heterocycles. The number of nitrogens with one attached hydrogen (secondary N) is 1. The maximum Gasteiger partial charge on any atom is 0.331 e. The lowest BCUT2D eigenvalue weighted by atomic mass is 10.1. The minimum Gasteiger partial charge on any atom is -0.493 e. The molecule has 3 aromatic rings. The van der Waals surface area contributed by atoms with E-state index in [1.807, 2.05) is 19.1 Å². The van der Waals surface area contributed by atoms with Gasteiger partial charge >= 0.3 is 5.91 Å². The number of aryl methyl sites for hydroxylation is 1. The number of aromatic nitrogens is 1. The molecular formula is C14H11N3O3. The van der Waals surface area contributed by atoms with Gasteiger partial charge in [-0.15, -0.1) is 10.2 Å². The van der Waals surface area contributed by atoms with Crippen molar-refractivity contribution in [2.24, 2.45) is 10.2 Å². The Hall–Kier alpha value is -2.89. The normalized spacial score (nSPS) is 11.4. The molecule has 0 spiro atoms. The summed E-state index contributed by atoms with van der Waals surface area (Å²) in [6.45, 7) is 1.91. The average molecular weight is 269 g/mol. The van der Waals surface area contributed by atoms with E-state index < -0.39 is 5.91 Å². The van der Waals surface area contributed by atoms with Crippen LogP contribution in [0.15, 0.2) is 51.2 Å². The number of hydrogen-bond acceptors (Lipinski definition) is 4. The summed E-state index contributed by atoms with van der Waals surface area (Å²) in [5, 5.41) is 18.0. The summed E-state index contributed by atoms with van der Waals surface area (Å²) in [5.74, 6) is -0.619. The summed E-state index contributed by atoms with van der Waals surface area (Å²) in [6.07, 6.45) is 1.38. The van der Waals surface area contributed by atoms with Crippen molar-refractivity contribution in [3.63, 3.8) is 0 Å². The van der Waals surface area contributed by atoms with E-state index in [4.69, 9.17) is 4.42 Å². The molecule has 20 heavy (non-hydrogen) atoms. The van der Waals surface area contributed by atoms with Crippen LogP contribution in [0.25, 0.3) is 10.9 Å². The van der Waals surface area contributed by atoms with E-state index in [1.54, 1.807) is 12.1 Å². The Bertz CT molecular complexity index is 801. The van der Waals surface area contributed by atoms with Crippen LogP contribution in [0.1, 0.15) is 16.1 Å². The molecule has 0 aliphatic heterocycles. The predicted octanol–water partition coefficient (Wildman–Crippen LogP) is 3.70. The molecule has 0 atom stereocenters. The fourth-order valence-electron chi connectivity index (χ4n) is 1.98. The quantitative estimate of drug-likeness (QED) is 0.695. The van der Waals surface area contributed by atoms with Crippen LogP contribution < -0.4 is 0 Å². The van der Waals surface area contributed by atoms with Gasteiger partial charge in [0.2, 0.25) is 5.88 Å². The molecule has 6 heteroatoms. The molecule has 3 rings (SSSR count). The molecule has 2 N–H and O–H groups in total. The highest BCUT2D eigenvalue weighted by atomic mass is 16.3. The van der Waals surface area contributed by atoms with Gasteiger partial charge in [0, 0.05) is 5.39 Å². The summed E-state index contributed by atoms with van der Waals surface area (Å²) >= 11 is 0. The van der Waals surface area contributed by atoms with Crippen LogP contribution in [0, 0.1) is 6.92 Å².